The Hall–Kier alpha value is -2.60. The van der Waals surface area contributed by atoms with Gasteiger partial charge in [-0.2, -0.15) is 5.26 Å². The predicted molar refractivity (Wildman–Crippen MR) is 71.4 cm³/mol. The van der Waals surface area contributed by atoms with Crippen LogP contribution in [0.3, 0.4) is 0 Å². The molecule has 18 heavy (non-hydrogen) atoms. The number of methoxy groups -OCH3 is 1. The zero-order chi connectivity index (χ0) is 12.8. The standard InChI is InChI=1S/C15H12N2O/c1-18-15-8-3-2-6-13(15)11-17-14-7-4-5-12(9-14)10-16/h2-9,11H,1H3/b17-11+. The molecule has 0 amide bonds. The van der Waals surface area contributed by atoms with Gasteiger partial charge in [0.2, 0.25) is 0 Å². The number of ether oxygens (including phenoxy) is 1. The second kappa shape index (κ2) is 5.65. The van der Waals surface area contributed by atoms with Gasteiger partial charge in [-0.15, -0.1) is 0 Å². The second-order valence-corrected chi connectivity index (χ2v) is 3.66. The van der Waals surface area contributed by atoms with Gasteiger partial charge in [0, 0.05) is 11.8 Å². The minimum atomic E-state index is 0.602. The molecule has 2 aromatic carbocycles. The molecule has 0 aliphatic carbocycles. The predicted octanol–water partition coefficient (Wildman–Crippen LogP) is 3.32. The summed E-state index contributed by atoms with van der Waals surface area (Å²) in [5.74, 6) is 0.776. The highest BCUT2D eigenvalue weighted by molar-refractivity contribution is 5.85. The molecule has 0 bridgehead atoms. The molecule has 3 heteroatoms. The molecule has 0 unspecified atom stereocenters. The van der Waals surface area contributed by atoms with Crippen molar-refractivity contribution in [3.8, 4) is 11.8 Å². The van der Waals surface area contributed by atoms with Crippen molar-refractivity contribution in [3.05, 3.63) is 59.7 Å². The maximum Gasteiger partial charge on any atom is 0.127 e. The molecule has 2 rings (SSSR count). The summed E-state index contributed by atoms with van der Waals surface area (Å²) >= 11 is 0. The highest BCUT2D eigenvalue weighted by Crippen LogP contribution is 2.18. The molecule has 0 fully saturated rings. The SMILES string of the molecule is COc1ccccc1/C=N/c1cccc(C#N)c1. The number of nitriles is 1. The molecule has 0 atom stereocenters. The summed E-state index contributed by atoms with van der Waals surface area (Å²) in [6, 6.07) is 16.9. The van der Waals surface area contributed by atoms with Crippen LogP contribution < -0.4 is 4.74 Å². The third-order valence-corrected chi connectivity index (χ3v) is 2.47. The maximum atomic E-state index is 8.81. The average Bonchev–Trinajstić information content (AvgIpc) is 2.45. The number of hydrogen-bond acceptors (Lipinski definition) is 3. The number of nitrogens with zero attached hydrogens (tertiary/aromatic N) is 2. The smallest absolute Gasteiger partial charge is 0.127 e. The number of rotatable bonds is 3. The molecular weight excluding hydrogens is 224 g/mol. The van der Waals surface area contributed by atoms with Gasteiger partial charge in [-0.3, -0.25) is 4.99 Å². The first-order valence-corrected chi connectivity index (χ1v) is 5.51. The molecule has 0 N–H and O–H groups in total. The van der Waals surface area contributed by atoms with Crippen molar-refractivity contribution in [1.82, 2.24) is 0 Å². The van der Waals surface area contributed by atoms with Crippen molar-refractivity contribution >= 4 is 11.9 Å². The summed E-state index contributed by atoms with van der Waals surface area (Å²) in [6.07, 6.45) is 1.73. The van der Waals surface area contributed by atoms with Gasteiger partial charge in [0.25, 0.3) is 0 Å². The number of para-hydroxylation sites is 1. The van der Waals surface area contributed by atoms with Crippen LogP contribution in [0.1, 0.15) is 11.1 Å². The topological polar surface area (TPSA) is 45.4 Å². The van der Waals surface area contributed by atoms with Crippen LogP contribution in [0.15, 0.2) is 53.5 Å². The molecular formula is C15H12N2O. The van der Waals surface area contributed by atoms with E-state index in [2.05, 4.69) is 11.1 Å². The van der Waals surface area contributed by atoms with Crippen LogP contribution in [0.5, 0.6) is 5.75 Å². The Morgan fingerprint density at radius 3 is 2.78 bits per heavy atom. The average molecular weight is 236 g/mol. The molecule has 2 aromatic rings. The Morgan fingerprint density at radius 1 is 1.17 bits per heavy atom. The summed E-state index contributed by atoms with van der Waals surface area (Å²) in [4.78, 5) is 4.34. The van der Waals surface area contributed by atoms with Crippen LogP contribution in [0.2, 0.25) is 0 Å². The molecule has 0 spiro atoms. The van der Waals surface area contributed by atoms with Crippen molar-refractivity contribution in [1.29, 1.82) is 5.26 Å². The molecule has 0 aromatic heterocycles. The Balaban J connectivity index is 2.27. The summed E-state index contributed by atoms with van der Waals surface area (Å²) in [6.45, 7) is 0. The van der Waals surface area contributed by atoms with Crippen molar-refractivity contribution < 1.29 is 4.74 Å². The van der Waals surface area contributed by atoms with Gasteiger partial charge in [-0.25, -0.2) is 0 Å². The first-order chi connectivity index (χ1) is 8.83. The lowest BCUT2D eigenvalue weighted by Crippen LogP contribution is -1.89. The molecule has 0 aliphatic heterocycles. The Labute approximate surface area is 106 Å². The van der Waals surface area contributed by atoms with Crippen LogP contribution in [-0.4, -0.2) is 13.3 Å². The molecule has 0 saturated heterocycles. The Kier molecular flexibility index (Phi) is 3.72. The van der Waals surface area contributed by atoms with Crippen molar-refractivity contribution in [2.75, 3.05) is 7.11 Å². The third-order valence-electron chi connectivity index (χ3n) is 2.47. The molecule has 0 aliphatic rings. The summed E-state index contributed by atoms with van der Waals surface area (Å²) in [5, 5.41) is 8.81. The van der Waals surface area contributed by atoms with Gasteiger partial charge in [-0.05, 0) is 30.3 Å². The summed E-state index contributed by atoms with van der Waals surface area (Å²) in [7, 11) is 1.63. The Bertz CT molecular complexity index is 612. The van der Waals surface area contributed by atoms with Crippen LogP contribution in [0.4, 0.5) is 5.69 Å². The number of hydrogen-bond donors (Lipinski definition) is 0. The minimum Gasteiger partial charge on any atom is -0.496 e. The van der Waals surface area contributed by atoms with E-state index in [1.807, 2.05) is 36.4 Å². The van der Waals surface area contributed by atoms with Crippen molar-refractivity contribution in [2.45, 2.75) is 0 Å². The van der Waals surface area contributed by atoms with Gasteiger partial charge in [0.1, 0.15) is 5.75 Å². The fourth-order valence-corrected chi connectivity index (χ4v) is 1.57. The van der Waals surface area contributed by atoms with E-state index in [4.69, 9.17) is 10.00 Å². The third kappa shape index (κ3) is 2.74. The molecule has 0 saturated carbocycles. The minimum absolute atomic E-state index is 0.602. The summed E-state index contributed by atoms with van der Waals surface area (Å²) in [5.41, 5.74) is 2.26. The van der Waals surface area contributed by atoms with Gasteiger partial charge in [0.05, 0.1) is 24.4 Å². The van der Waals surface area contributed by atoms with Crippen molar-refractivity contribution in [2.24, 2.45) is 4.99 Å². The van der Waals surface area contributed by atoms with E-state index in [0.29, 0.717) is 5.56 Å². The van der Waals surface area contributed by atoms with Crippen LogP contribution in [-0.2, 0) is 0 Å². The lowest BCUT2D eigenvalue weighted by molar-refractivity contribution is 0.414. The van der Waals surface area contributed by atoms with E-state index in [-0.39, 0.29) is 0 Å². The maximum absolute atomic E-state index is 8.81. The van der Waals surface area contributed by atoms with E-state index >= 15 is 0 Å². The quantitative estimate of drug-likeness (QED) is 0.767. The van der Waals surface area contributed by atoms with Gasteiger partial charge >= 0.3 is 0 Å². The molecule has 0 radical (unpaired) electrons. The van der Waals surface area contributed by atoms with Gasteiger partial charge in [-0.1, -0.05) is 18.2 Å². The van der Waals surface area contributed by atoms with E-state index in [1.165, 1.54) is 0 Å². The van der Waals surface area contributed by atoms with E-state index in [9.17, 15) is 0 Å². The van der Waals surface area contributed by atoms with Crippen molar-refractivity contribution in [3.63, 3.8) is 0 Å². The molecule has 88 valence electrons. The van der Waals surface area contributed by atoms with E-state index in [0.717, 1.165) is 17.0 Å². The zero-order valence-corrected chi connectivity index (χ0v) is 10.00. The van der Waals surface area contributed by atoms with E-state index in [1.54, 1.807) is 25.5 Å². The number of benzene rings is 2. The second-order valence-electron chi connectivity index (χ2n) is 3.66. The first kappa shape index (κ1) is 11.9. The fourth-order valence-electron chi connectivity index (χ4n) is 1.57. The Morgan fingerprint density at radius 2 is 2.00 bits per heavy atom. The van der Waals surface area contributed by atoms with Gasteiger partial charge in [0.15, 0.2) is 0 Å². The van der Waals surface area contributed by atoms with Crippen LogP contribution >= 0.6 is 0 Å². The zero-order valence-electron chi connectivity index (χ0n) is 10.00. The monoisotopic (exact) mass is 236 g/mol. The van der Waals surface area contributed by atoms with Gasteiger partial charge < -0.3 is 4.74 Å². The summed E-state index contributed by atoms with van der Waals surface area (Å²) < 4.78 is 5.24. The van der Waals surface area contributed by atoms with Crippen LogP contribution in [0, 0.1) is 11.3 Å². The lowest BCUT2D eigenvalue weighted by Gasteiger charge is -2.02. The largest absolute Gasteiger partial charge is 0.496 e. The highest BCUT2D eigenvalue weighted by Gasteiger charge is 1.98. The normalized spacial score (nSPS) is 10.2. The lowest BCUT2D eigenvalue weighted by atomic mass is 10.2. The highest BCUT2D eigenvalue weighted by atomic mass is 16.5. The molecule has 0 heterocycles. The van der Waals surface area contributed by atoms with Crippen LogP contribution in [0.25, 0.3) is 0 Å². The first-order valence-electron chi connectivity index (χ1n) is 5.51. The van der Waals surface area contributed by atoms with E-state index < -0.39 is 0 Å². The number of aliphatic imine (C=N–C) groups is 1. The molecule has 3 nitrogen and oxygen atoms in total. The fraction of sp³-hybridized carbons (Fsp3) is 0.0667.